The second-order valence-electron chi connectivity index (χ2n) is 7.41. The SMILES string of the molecule is Cc1ccc(-c2cc(-c3ccoc3)c(C(=O)CCc3ccc(C(=O)NO)cc3)[nH]2)cc1. The summed E-state index contributed by atoms with van der Waals surface area (Å²) in [5.41, 5.74) is 8.14. The summed E-state index contributed by atoms with van der Waals surface area (Å²) in [7, 11) is 0. The predicted molar refractivity (Wildman–Crippen MR) is 117 cm³/mol. The molecular weight excluding hydrogens is 392 g/mol. The van der Waals surface area contributed by atoms with Crippen molar-refractivity contribution in [3.05, 3.63) is 95.6 Å². The fourth-order valence-electron chi connectivity index (χ4n) is 3.48. The molecule has 3 N–H and O–H groups in total. The summed E-state index contributed by atoms with van der Waals surface area (Å²) in [6.07, 6.45) is 4.06. The second-order valence-corrected chi connectivity index (χ2v) is 7.41. The molecule has 0 aliphatic carbocycles. The first kappa shape index (κ1) is 20.4. The molecule has 0 saturated carbocycles. The molecule has 0 saturated heterocycles. The van der Waals surface area contributed by atoms with Gasteiger partial charge in [0.15, 0.2) is 5.78 Å². The summed E-state index contributed by atoms with van der Waals surface area (Å²) in [5, 5.41) is 8.71. The molecule has 2 heterocycles. The standard InChI is InChI=1S/C25H22N2O4/c1-16-2-7-18(8-3-16)22-14-21(20-12-13-31-15-20)24(26-22)23(28)11-6-17-4-9-19(10-5-17)25(29)27-30/h2-5,7-10,12-15,26,30H,6,11H2,1H3,(H,27,29). The molecule has 0 fully saturated rings. The Kier molecular flexibility index (Phi) is 5.82. The van der Waals surface area contributed by atoms with Gasteiger partial charge in [-0.05, 0) is 48.7 Å². The smallest absolute Gasteiger partial charge is 0.274 e. The zero-order valence-electron chi connectivity index (χ0n) is 17.0. The van der Waals surface area contributed by atoms with Crippen molar-refractivity contribution in [1.82, 2.24) is 10.5 Å². The molecule has 1 amide bonds. The number of benzene rings is 2. The first-order valence-corrected chi connectivity index (χ1v) is 9.94. The lowest BCUT2D eigenvalue weighted by molar-refractivity contribution is 0.0706. The first-order valence-electron chi connectivity index (χ1n) is 9.94. The maximum atomic E-state index is 13.1. The van der Waals surface area contributed by atoms with Gasteiger partial charge in [0.1, 0.15) is 0 Å². The third-order valence-electron chi connectivity index (χ3n) is 5.25. The zero-order valence-corrected chi connectivity index (χ0v) is 17.0. The Bertz CT molecular complexity index is 1190. The number of ketones is 1. The van der Waals surface area contributed by atoms with Crippen molar-refractivity contribution in [3.8, 4) is 22.4 Å². The number of aromatic nitrogens is 1. The highest BCUT2D eigenvalue weighted by Gasteiger charge is 2.18. The molecule has 0 radical (unpaired) electrons. The van der Waals surface area contributed by atoms with E-state index < -0.39 is 5.91 Å². The van der Waals surface area contributed by atoms with E-state index in [-0.39, 0.29) is 5.78 Å². The number of aromatic amines is 1. The third-order valence-corrected chi connectivity index (χ3v) is 5.25. The fourth-order valence-corrected chi connectivity index (χ4v) is 3.48. The molecular formula is C25H22N2O4. The molecule has 0 unspecified atom stereocenters. The number of nitrogens with one attached hydrogen (secondary N) is 2. The Morgan fingerprint density at radius 2 is 1.74 bits per heavy atom. The monoisotopic (exact) mass is 414 g/mol. The van der Waals surface area contributed by atoms with Crippen LogP contribution < -0.4 is 5.48 Å². The summed E-state index contributed by atoms with van der Waals surface area (Å²) in [6.45, 7) is 2.03. The number of hydrogen-bond donors (Lipinski definition) is 3. The van der Waals surface area contributed by atoms with Crippen LogP contribution in [-0.4, -0.2) is 21.9 Å². The van der Waals surface area contributed by atoms with Gasteiger partial charge >= 0.3 is 0 Å². The normalized spacial score (nSPS) is 10.8. The molecule has 156 valence electrons. The number of furan rings is 1. The van der Waals surface area contributed by atoms with Crippen LogP contribution in [0.1, 0.15) is 38.4 Å². The van der Waals surface area contributed by atoms with E-state index in [2.05, 4.69) is 4.98 Å². The van der Waals surface area contributed by atoms with E-state index >= 15 is 0 Å². The minimum atomic E-state index is -0.567. The second kappa shape index (κ2) is 8.85. The van der Waals surface area contributed by atoms with Crippen LogP contribution in [0.3, 0.4) is 0 Å². The Morgan fingerprint density at radius 1 is 1.00 bits per heavy atom. The highest BCUT2D eigenvalue weighted by Crippen LogP contribution is 2.31. The molecule has 6 heteroatoms. The van der Waals surface area contributed by atoms with Crippen LogP contribution in [0.5, 0.6) is 0 Å². The largest absolute Gasteiger partial charge is 0.472 e. The number of H-pyrrole nitrogens is 1. The Morgan fingerprint density at radius 3 is 2.39 bits per heavy atom. The quantitative estimate of drug-likeness (QED) is 0.220. The molecule has 31 heavy (non-hydrogen) atoms. The lowest BCUT2D eigenvalue weighted by Gasteiger charge is -2.04. The van der Waals surface area contributed by atoms with Gasteiger partial charge < -0.3 is 9.40 Å². The number of carbonyl (C=O) groups is 2. The maximum Gasteiger partial charge on any atom is 0.274 e. The Labute approximate surface area is 179 Å². The molecule has 0 bridgehead atoms. The first-order chi connectivity index (χ1) is 15.0. The van der Waals surface area contributed by atoms with Crippen LogP contribution in [0.2, 0.25) is 0 Å². The summed E-state index contributed by atoms with van der Waals surface area (Å²) < 4.78 is 5.23. The van der Waals surface area contributed by atoms with Crippen LogP contribution in [0, 0.1) is 6.92 Å². The Balaban J connectivity index is 1.56. The number of rotatable bonds is 7. The number of Topliss-reactive ketones (excluding diaryl/α,β-unsaturated/α-hetero) is 1. The van der Waals surface area contributed by atoms with E-state index in [1.807, 2.05) is 43.3 Å². The van der Waals surface area contributed by atoms with E-state index in [1.165, 1.54) is 5.56 Å². The fraction of sp³-hybridized carbons (Fsp3) is 0.120. The number of hydroxylamine groups is 1. The number of carbonyl (C=O) groups excluding carboxylic acids is 2. The van der Waals surface area contributed by atoms with Crippen molar-refractivity contribution in [2.24, 2.45) is 0 Å². The van der Waals surface area contributed by atoms with Crippen LogP contribution in [0.4, 0.5) is 0 Å². The van der Waals surface area contributed by atoms with E-state index in [4.69, 9.17) is 9.62 Å². The lowest BCUT2D eigenvalue weighted by atomic mass is 10.0. The number of hydrogen-bond acceptors (Lipinski definition) is 4. The van der Waals surface area contributed by atoms with Crippen LogP contribution in [0.15, 0.2) is 77.6 Å². The van der Waals surface area contributed by atoms with Gasteiger partial charge in [-0.1, -0.05) is 42.0 Å². The molecule has 4 rings (SSSR count). The molecule has 0 aliphatic heterocycles. The van der Waals surface area contributed by atoms with Crippen molar-refractivity contribution in [1.29, 1.82) is 0 Å². The van der Waals surface area contributed by atoms with Crippen molar-refractivity contribution >= 4 is 11.7 Å². The van der Waals surface area contributed by atoms with Crippen molar-refractivity contribution in [3.63, 3.8) is 0 Å². The molecule has 2 aromatic carbocycles. The predicted octanol–water partition coefficient (Wildman–Crippen LogP) is 5.18. The van der Waals surface area contributed by atoms with E-state index in [0.29, 0.717) is 24.1 Å². The zero-order chi connectivity index (χ0) is 21.8. The van der Waals surface area contributed by atoms with E-state index in [0.717, 1.165) is 27.9 Å². The van der Waals surface area contributed by atoms with Gasteiger partial charge in [0.05, 0.1) is 18.2 Å². The molecule has 0 spiro atoms. The molecule has 2 aromatic heterocycles. The summed E-state index contributed by atoms with van der Waals surface area (Å²) in [6, 6.07) is 18.7. The average molecular weight is 414 g/mol. The minimum Gasteiger partial charge on any atom is -0.472 e. The summed E-state index contributed by atoms with van der Waals surface area (Å²) >= 11 is 0. The van der Waals surface area contributed by atoms with Gasteiger partial charge in [0.2, 0.25) is 0 Å². The van der Waals surface area contributed by atoms with Crippen LogP contribution >= 0.6 is 0 Å². The summed E-state index contributed by atoms with van der Waals surface area (Å²) in [4.78, 5) is 27.8. The average Bonchev–Trinajstić information content (AvgIpc) is 3.48. The van der Waals surface area contributed by atoms with Gasteiger partial charge in [-0.25, -0.2) is 5.48 Å². The molecule has 4 aromatic rings. The topological polar surface area (TPSA) is 95.3 Å². The van der Waals surface area contributed by atoms with Crippen LogP contribution in [0.25, 0.3) is 22.4 Å². The van der Waals surface area contributed by atoms with Gasteiger partial charge in [0.25, 0.3) is 5.91 Å². The highest BCUT2D eigenvalue weighted by atomic mass is 16.5. The van der Waals surface area contributed by atoms with Crippen molar-refractivity contribution < 1.29 is 19.2 Å². The molecule has 6 nitrogen and oxygen atoms in total. The van der Waals surface area contributed by atoms with Gasteiger partial charge in [0, 0.05) is 28.8 Å². The van der Waals surface area contributed by atoms with Gasteiger partial charge in [-0.3, -0.25) is 14.8 Å². The number of aryl methyl sites for hydroxylation is 2. The van der Waals surface area contributed by atoms with Gasteiger partial charge in [-0.2, -0.15) is 0 Å². The van der Waals surface area contributed by atoms with Crippen molar-refractivity contribution in [2.45, 2.75) is 19.8 Å². The van der Waals surface area contributed by atoms with E-state index in [1.54, 1.807) is 42.3 Å². The van der Waals surface area contributed by atoms with Gasteiger partial charge in [-0.15, -0.1) is 0 Å². The molecule has 0 aliphatic rings. The maximum absolute atomic E-state index is 13.1. The van der Waals surface area contributed by atoms with E-state index in [9.17, 15) is 9.59 Å². The van der Waals surface area contributed by atoms with Crippen molar-refractivity contribution in [2.75, 3.05) is 0 Å². The summed E-state index contributed by atoms with van der Waals surface area (Å²) in [5.74, 6) is -0.575. The molecule has 0 atom stereocenters. The third kappa shape index (κ3) is 4.49. The van der Waals surface area contributed by atoms with Crippen LogP contribution in [-0.2, 0) is 6.42 Å². The Hall–Kier alpha value is -3.90. The minimum absolute atomic E-state index is 0.00765. The number of amides is 1. The lowest BCUT2D eigenvalue weighted by Crippen LogP contribution is -2.18. The highest BCUT2D eigenvalue weighted by molar-refractivity contribution is 6.02.